The van der Waals surface area contributed by atoms with Crippen LogP contribution in [-0.2, 0) is 0 Å². The lowest BCUT2D eigenvalue weighted by Crippen LogP contribution is -2.15. The van der Waals surface area contributed by atoms with Crippen LogP contribution in [0.3, 0.4) is 0 Å². The Morgan fingerprint density at radius 1 is 1.07 bits per heavy atom. The second-order valence-corrected chi connectivity index (χ2v) is 6.38. The predicted molar refractivity (Wildman–Crippen MR) is 111 cm³/mol. The number of amides is 1. The van der Waals surface area contributed by atoms with Crippen molar-refractivity contribution in [3.8, 4) is 28.6 Å². The Hall–Kier alpha value is -4.14. The van der Waals surface area contributed by atoms with Crippen LogP contribution in [-0.4, -0.2) is 39.1 Å². The minimum atomic E-state index is -0.766. The van der Waals surface area contributed by atoms with Crippen molar-refractivity contribution in [2.24, 2.45) is 5.73 Å². The molecule has 1 amide bonds. The molecular weight excluding hydrogens is 386 g/mol. The van der Waals surface area contributed by atoms with Gasteiger partial charge in [0.1, 0.15) is 17.0 Å². The number of primary amides is 1. The van der Waals surface area contributed by atoms with Crippen LogP contribution in [0.4, 0.5) is 0 Å². The number of imidazole rings is 1. The highest BCUT2D eigenvalue weighted by atomic mass is 16.5. The molecule has 2 heterocycles. The second kappa shape index (κ2) is 7.70. The fraction of sp³-hybridized carbons (Fsp3) is 0.143. The molecule has 0 aliphatic carbocycles. The van der Waals surface area contributed by atoms with Crippen molar-refractivity contribution in [3.05, 3.63) is 64.7 Å². The Balaban J connectivity index is 1.93. The molecule has 9 heteroatoms. The van der Waals surface area contributed by atoms with Gasteiger partial charge in [-0.1, -0.05) is 0 Å². The summed E-state index contributed by atoms with van der Waals surface area (Å²) in [5.74, 6) is 0.846. The number of nitrogens with zero attached hydrogens (tertiary/aromatic N) is 3. The van der Waals surface area contributed by atoms with E-state index in [4.69, 9.17) is 15.2 Å². The van der Waals surface area contributed by atoms with Crippen molar-refractivity contribution in [2.45, 2.75) is 6.92 Å². The number of aromatic nitrogens is 4. The molecule has 0 aliphatic rings. The van der Waals surface area contributed by atoms with Gasteiger partial charge in [-0.3, -0.25) is 4.79 Å². The lowest BCUT2D eigenvalue weighted by atomic mass is 10.2. The van der Waals surface area contributed by atoms with E-state index in [0.717, 1.165) is 0 Å². The van der Waals surface area contributed by atoms with Gasteiger partial charge in [0, 0.05) is 5.56 Å². The first-order valence-electron chi connectivity index (χ1n) is 9.22. The number of fused-ring (bicyclic) bond motifs is 1. The summed E-state index contributed by atoms with van der Waals surface area (Å²) in [5.41, 5.74) is 6.64. The highest BCUT2D eigenvalue weighted by Crippen LogP contribution is 2.24. The smallest absolute Gasteiger partial charge is 0.332 e. The molecule has 0 atom stereocenters. The average molecular weight is 405 g/mol. The third-order valence-electron chi connectivity index (χ3n) is 4.52. The van der Waals surface area contributed by atoms with Gasteiger partial charge in [0.2, 0.25) is 0 Å². The maximum absolute atomic E-state index is 12.7. The Morgan fingerprint density at radius 3 is 2.33 bits per heavy atom. The second-order valence-electron chi connectivity index (χ2n) is 6.38. The molecule has 0 radical (unpaired) electrons. The number of carbonyl (C=O) groups is 1. The van der Waals surface area contributed by atoms with Gasteiger partial charge in [0.25, 0.3) is 5.91 Å². The summed E-state index contributed by atoms with van der Waals surface area (Å²) in [6.45, 7) is 2.42. The minimum absolute atomic E-state index is 0.0624. The van der Waals surface area contributed by atoms with E-state index in [-0.39, 0.29) is 22.7 Å². The first-order valence-corrected chi connectivity index (χ1v) is 9.22. The van der Waals surface area contributed by atoms with Crippen LogP contribution in [0.5, 0.6) is 11.5 Å². The summed E-state index contributed by atoms with van der Waals surface area (Å²) >= 11 is 0. The largest absolute Gasteiger partial charge is 0.497 e. The zero-order valence-electron chi connectivity index (χ0n) is 16.4. The molecule has 30 heavy (non-hydrogen) atoms. The van der Waals surface area contributed by atoms with E-state index >= 15 is 0 Å². The van der Waals surface area contributed by atoms with Crippen LogP contribution < -0.4 is 20.9 Å². The molecule has 0 spiro atoms. The van der Waals surface area contributed by atoms with E-state index in [1.807, 2.05) is 6.92 Å². The van der Waals surface area contributed by atoms with Crippen molar-refractivity contribution < 1.29 is 14.3 Å². The quantitative estimate of drug-likeness (QED) is 0.507. The SMILES string of the molecule is CCOc1ccc(-n2c(=O)[nH]c3c(C(N)=O)nc(-c4ccc(OC)cc4)nc32)cc1. The third kappa shape index (κ3) is 3.37. The van der Waals surface area contributed by atoms with Gasteiger partial charge in [-0.15, -0.1) is 0 Å². The summed E-state index contributed by atoms with van der Waals surface area (Å²) in [6, 6.07) is 14.0. The van der Waals surface area contributed by atoms with E-state index in [0.29, 0.717) is 29.4 Å². The number of carbonyl (C=O) groups excluding carboxylic acids is 1. The molecule has 0 bridgehead atoms. The topological polar surface area (TPSA) is 125 Å². The summed E-state index contributed by atoms with van der Waals surface area (Å²) in [5, 5.41) is 0. The molecule has 152 valence electrons. The first kappa shape index (κ1) is 19.2. The predicted octanol–water partition coefficient (Wildman–Crippen LogP) is 2.28. The normalized spacial score (nSPS) is 10.9. The monoisotopic (exact) mass is 405 g/mol. The number of rotatable bonds is 6. The van der Waals surface area contributed by atoms with Crippen LogP contribution >= 0.6 is 0 Å². The van der Waals surface area contributed by atoms with Crippen LogP contribution in [0.2, 0.25) is 0 Å². The van der Waals surface area contributed by atoms with Gasteiger partial charge >= 0.3 is 5.69 Å². The van der Waals surface area contributed by atoms with Crippen LogP contribution in [0.25, 0.3) is 28.2 Å². The zero-order valence-corrected chi connectivity index (χ0v) is 16.4. The van der Waals surface area contributed by atoms with Crippen molar-refractivity contribution in [2.75, 3.05) is 13.7 Å². The number of ether oxygens (including phenoxy) is 2. The zero-order chi connectivity index (χ0) is 21.3. The minimum Gasteiger partial charge on any atom is -0.497 e. The van der Waals surface area contributed by atoms with Gasteiger partial charge in [0.15, 0.2) is 17.2 Å². The maximum atomic E-state index is 12.7. The molecule has 4 rings (SSSR count). The van der Waals surface area contributed by atoms with Crippen molar-refractivity contribution in [1.29, 1.82) is 0 Å². The Kier molecular flexibility index (Phi) is 4.93. The molecule has 0 fully saturated rings. The molecule has 4 aromatic rings. The van der Waals surface area contributed by atoms with Crippen molar-refractivity contribution in [3.63, 3.8) is 0 Å². The molecular formula is C21H19N5O4. The fourth-order valence-electron chi connectivity index (χ4n) is 3.13. The number of hydrogen-bond donors (Lipinski definition) is 2. The lowest BCUT2D eigenvalue weighted by Gasteiger charge is -2.08. The highest BCUT2D eigenvalue weighted by Gasteiger charge is 2.20. The van der Waals surface area contributed by atoms with E-state index in [1.165, 1.54) is 4.57 Å². The van der Waals surface area contributed by atoms with Crippen LogP contribution in [0.15, 0.2) is 53.3 Å². The maximum Gasteiger partial charge on any atom is 0.332 e. The molecule has 9 nitrogen and oxygen atoms in total. The molecule has 0 aliphatic heterocycles. The number of benzene rings is 2. The molecule has 2 aromatic carbocycles. The van der Waals surface area contributed by atoms with Gasteiger partial charge in [-0.2, -0.15) is 0 Å². The first-order chi connectivity index (χ1) is 14.5. The third-order valence-corrected chi connectivity index (χ3v) is 4.52. The Labute approximate surface area is 171 Å². The van der Waals surface area contributed by atoms with Gasteiger partial charge in [-0.05, 0) is 55.5 Å². The summed E-state index contributed by atoms with van der Waals surface area (Å²) in [4.78, 5) is 36.2. The number of aromatic amines is 1. The molecule has 2 aromatic heterocycles. The molecule has 3 N–H and O–H groups in total. The van der Waals surface area contributed by atoms with E-state index in [1.54, 1.807) is 55.6 Å². The number of hydrogen-bond acceptors (Lipinski definition) is 6. The lowest BCUT2D eigenvalue weighted by molar-refractivity contribution is 0.0997. The number of H-pyrrole nitrogens is 1. The van der Waals surface area contributed by atoms with Crippen molar-refractivity contribution in [1.82, 2.24) is 19.5 Å². The average Bonchev–Trinajstić information content (AvgIpc) is 3.09. The highest BCUT2D eigenvalue weighted by molar-refractivity contribution is 6.02. The molecule has 0 saturated heterocycles. The number of nitrogens with one attached hydrogen (secondary N) is 1. The number of methoxy groups -OCH3 is 1. The van der Waals surface area contributed by atoms with Gasteiger partial charge in [0.05, 0.1) is 19.4 Å². The summed E-state index contributed by atoms with van der Waals surface area (Å²) in [6.07, 6.45) is 0. The van der Waals surface area contributed by atoms with Gasteiger partial charge in [-0.25, -0.2) is 19.3 Å². The van der Waals surface area contributed by atoms with E-state index < -0.39 is 11.6 Å². The van der Waals surface area contributed by atoms with Gasteiger partial charge < -0.3 is 20.2 Å². The standard InChI is InChI=1S/C21H19N5O4/c1-3-30-15-10-6-13(7-11-15)26-20-17(24-21(26)28)16(18(22)27)23-19(25-20)12-4-8-14(29-2)9-5-12/h4-11H,3H2,1-2H3,(H2,22,27)(H,24,28). The van der Waals surface area contributed by atoms with E-state index in [2.05, 4.69) is 15.0 Å². The van der Waals surface area contributed by atoms with Crippen molar-refractivity contribution >= 4 is 17.1 Å². The van der Waals surface area contributed by atoms with Crippen LogP contribution in [0.1, 0.15) is 17.4 Å². The fourth-order valence-corrected chi connectivity index (χ4v) is 3.13. The Morgan fingerprint density at radius 2 is 1.73 bits per heavy atom. The summed E-state index contributed by atoms with van der Waals surface area (Å²) in [7, 11) is 1.57. The summed E-state index contributed by atoms with van der Waals surface area (Å²) < 4.78 is 12.0. The Bertz CT molecular complexity index is 1270. The van der Waals surface area contributed by atoms with Crippen LogP contribution in [0, 0.1) is 0 Å². The molecule has 0 saturated carbocycles. The van der Waals surface area contributed by atoms with E-state index in [9.17, 15) is 9.59 Å². The number of nitrogens with two attached hydrogens (primary N) is 1. The molecule has 0 unspecified atom stereocenters.